The molecule has 0 aromatic heterocycles. The van der Waals surface area contributed by atoms with Crippen LogP contribution in [0, 0.1) is 12.3 Å². The van der Waals surface area contributed by atoms with E-state index in [0.29, 0.717) is 45.3 Å². The molecule has 2 rings (SSSR count). The number of hydrogen-bond acceptors (Lipinski definition) is 6. The molecular weight excluding hydrogens is 316 g/mol. The Morgan fingerprint density at radius 3 is 2.57 bits per heavy atom. The van der Waals surface area contributed by atoms with Crippen LogP contribution in [-0.4, -0.2) is 62.6 Å². The molecule has 0 bridgehead atoms. The summed E-state index contributed by atoms with van der Waals surface area (Å²) in [5, 5.41) is 10.9. The van der Waals surface area contributed by atoms with E-state index in [1.165, 1.54) is 0 Å². The number of carbonyl (C=O) groups excluding carboxylic acids is 1. The molecule has 8 heteroatoms. The lowest BCUT2D eigenvalue weighted by Gasteiger charge is -2.26. The lowest BCUT2D eigenvalue weighted by molar-refractivity contribution is -0.121. The number of hydrogen-bond donors (Lipinski definition) is 1. The Kier molecular flexibility index (Phi) is 6.13. The van der Waals surface area contributed by atoms with E-state index in [9.17, 15) is 13.2 Å². The lowest BCUT2D eigenvalue weighted by Crippen LogP contribution is -2.41. The van der Waals surface area contributed by atoms with Crippen LogP contribution in [0.5, 0.6) is 0 Å². The largest absolute Gasteiger partial charge is 0.356 e. The highest BCUT2D eigenvalue weighted by Crippen LogP contribution is 2.37. The molecular formula is C15H24N4O3S. The number of nitrogens with zero attached hydrogens (tertiary/aromatic N) is 3. The Bertz CT molecular complexity index is 574. The molecule has 128 valence electrons. The zero-order valence-corrected chi connectivity index (χ0v) is 14.1. The van der Waals surface area contributed by atoms with Crippen LogP contribution in [0.3, 0.4) is 0 Å². The average molecular weight is 340 g/mol. The predicted octanol–water partition coefficient (Wildman–Crippen LogP) is 0.579. The van der Waals surface area contributed by atoms with Crippen LogP contribution in [0.4, 0.5) is 0 Å². The van der Waals surface area contributed by atoms with Gasteiger partial charge in [-0.2, -0.15) is 10.2 Å². The number of nitrogens with one attached hydrogen (secondary N) is 1. The zero-order valence-electron chi connectivity index (χ0n) is 13.3. The zero-order chi connectivity index (χ0) is 16.8. The minimum Gasteiger partial charge on any atom is -0.356 e. The molecule has 1 N–H and O–H groups in total. The Morgan fingerprint density at radius 1 is 1.26 bits per heavy atom. The Balaban J connectivity index is 1.51. The molecule has 1 fully saturated rings. The second kappa shape index (κ2) is 7.88. The van der Waals surface area contributed by atoms with E-state index in [2.05, 4.69) is 26.4 Å². The highest BCUT2D eigenvalue weighted by Gasteiger charge is 2.39. The van der Waals surface area contributed by atoms with Gasteiger partial charge in [0, 0.05) is 45.3 Å². The molecule has 1 amide bonds. The van der Waals surface area contributed by atoms with Crippen molar-refractivity contribution in [3.05, 3.63) is 0 Å². The van der Waals surface area contributed by atoms with Gasteiger partial charge in [-0.25, -0.2) is 8.42 Å². The maximum absolute atomic E-state index is 11.8. The smallest absolute Gasteiger partial charge is 0.220 e. The molecule has 0 radical (unpaired) electrons. The number of carbonyl (C=O) groups is 1. The first kappa shape index (κ1) is 17.9. The topological polar surface area (TPSA) is 91.2 Å². The third kappa shape index (κ3) is 6.28. The fourth-order valence-electron chi connectivity index (χ4n) is 2.57. The van der Waals surface area contributed by atoms with E-state index >= 15 is 0 Å². The van der Waals surface area contributed by atoms with Gasteiger partial charge in [-0.15, -0.1) is 12.3 Å². The molecule has 7 nitrogen and oxygen atoms in total. The molecule has 0 saturated carbocycles. The summed E-state index contributed by atoms with van der Waals surface area (Å²) in [6.07, 6.45) is 8.41. The minimum absolute atomic E-state index is 0.00334. The first-order valence-electron chi connectivity index (χ1n) is 8.02. The summed E-state index contributed by atoms with van der Waals surface area (Å²) in [5.74, 6) is 3.05. The lowest BCUT2D eigenvalue weighted by atomic mass is 10.0. The van der Waals surface area contributed by atoms with Gasteiger partial charge in [-0.05, 0) is 13.0 Å². The van der Waals surface area contributed by atoms with Crippen molar-refractivity contribution in [3.8, 4) is 12.3 Å². The summed E-state index contributed by atoms with van der Waals surface area (Å²) in [4.78, 5) is 13.9. The summed E-state index contributed by atoms with van der Waals surface area (Å²) in [5.41, 5.74) is -0.400. The van der Waals surface area contributed by atoms with Gasteiger partial charge >= 0.3 is 0 Å². The Morgan fingerprint density at radius 2 is 1.96 bits per heavy atom. The normalized spacial score (nSPS) is 21.5. The van der Waals surface area contributed by atoms with E-state index < -0.39 is 15.5 Å². The van der Waals surface area contributed by atoms with E-state index in [1.807, 2.05) is 0 Å². The molecule has 0 atom stereocenters. The summed E-state index contributed by atoms with van der Waals surface area (Å²) in [6, 6.07) is 0. The van der Waals surface area contributed by atoms with Crippen molar-refractivity contribution >= 4 is 15.7 Å². The van der Waals surface area contributed by atoms with Gasteiger partial charge in [0.2, 0.25) is 5.91 Å². The molecule has 0 unspecified atom stereocenters. The summed E-state index contributed by atoms with van der Waals surface area (Å²) < 4.78 is 22.7. The standard InChI is InChI=1S/C15H24N4O3S/c1-2-3-6-15(17-18-15)7-5-14(20)16-8-4-9-19-10-12-23(21,22)13-11-19/h1H,3-13H2,(H,16,20). The first-order valence-corrected chi connectivity index (χ1v) is 9.84. The number of terminal acetylenes is 1. The number of amides is 1. The van der Waals surface area contributed by atoms with Gasteiger partial charge in [-0.3, -0.25) is 4.79 Å². The predicted molar refractivity (Wildman–Crippen MR) is 87.6 cm³/mol. The molecule has 1 saturated heterocycles. The fraction of sp³-hybridized carbons (Fsp3) is 0.800. The average Bonchev–Trinajstić information content (AvgIpc) is 3.29. The van der Waals surface area contributed by atoms with Gasteiger partial charge in [0.05, 0.1) is 11.5 Å². The van der Waals surface area contributed by atoms with Crippen LogP contribution >= 0.6 is 0 Å². The van der Waals surface area contributed by atoms with Gasteiger partial charge < -0.3 is 10.2 Å². The van der Waals surface area contributed by atoms with Crippen molar-refractivity contribution in [1.29, 1.82) is 0 Å². The van der Waals surface area contributed by atoms with Crippen LogP contribution < -0.4 is 5.32 Å². The highest BCUT2D eigenvalue weighted by atomic mass is 32.2. The fourth-order valence-corrected chi connectivity index (χ4v) is 3.85. The monoisotopic (exact) mass is 340 g/mol. The second-order valence-electron chi connectivity index (χ2n) is 6.08. The molecule has 0 aromatic rings. The maximum Gasteiger partial charge on any atom is 0.220 e. The van der Waals surface area contributed by atoms with Crippen molar-refractivity contribution in [2.75, 3.05) is 37.7 Å². The summed E-state index contributed by atoms with van der Waals surface area (Å²) in [6.45, 7) is 2.61. The third-order valence-electron chi connectivity index (χ3n) is 4.22. The van der Waals surface area contributed by atoms with E-state index in [-0.39, 0.29) is 17.4 Å². The van der Waals surface area contributed by atoms with E-state index in [1.54, 1.807) is 0 Å². The maximum atomic E-state index is 11.8. The minimum atomic E-state index is -2.82. The molecule has 0 spiro atoms. The van der Waals surface area contributed by atoms with Crippen LogP contribution in [0.2, 0.25) is 0 Å². The van der Waals surface area contributed by atoms with Crippen molar-refractivity contribution in [3.63, 3.8) is 0 Å². The van der Waals surface area contributed by atoms with Crippen molar-refractivity contribution in [2.24, 2.45) is 10.2 Å². The Labute approximate surface area is 137 Å². The summed E-state index contributed by atoms with van der Waals surface area (Å²) in [7, 11) is -2.82. The van der Waals surface area contributed by atoms with Crippen LogP contribution in [-0.2, 0) is 14.6 Å². The van der Waals surface area contributed by atoms with Gasteiger partial charge in [0.15, 0.2) is 15.5 Å². The SMILES string of the molecule is C#CCCC1(CCC(=O)NCCCN2CCS(=O)(=O)CC2)N=N1. The van der Waals surface area contributed by atoms with Crippen molar-refractivity contribution in [2.45, 2.75) is 37.8 Å². The molecule has 2 heterocycles. The molecule has 0 aromatic carbocycles. The number of rotatable bonds is 9. The van der Waals surface area contributed by atoms with Crippen molar-refractivity contribution < 1.29 is 13.2 Å². The Hall–Kier alpha value is -1.46. The molecule has 2 aliphatic rings. The van der Waals surface area contributed by atoms with Crippen LogP contribution in [0.15, 0.2) is 10.2 Å². The summed E-state index contributed by atoms with van der Waals surface area (Å²) >= 11 is 0. The van der Waals surface area contributed by atoms with Gasteiger partial charge in [0.1, 0.15) is 0 Å². The van der Waals surface area contributed by atoms with Gasteiger partial charge in [0.25, 0.3) is 0 Å². The van der Waals surface area contributed by atoms with Crippen molar-refractivity contribution in [1.82, 2.24) is 10.2 Å². The van der Waals surface area contributed by atoms with Crippen LogP contribution in [0.1, 0.15) is 32.1 Å². The third-order valence-corrected chi connectivity index (χ3v) is 5.82. The van der Waals surface area contributed by atoms with Crippen LogP contribution in [0.25, 0.3) is 0 Å². The molecule has 23 heavy (non-hydrogen) atoms. The first-order chi connectivity index (χ1) is 10.9. The molecule has 0 aliphatic carbocycles. The number of sulfone groups is 1. The molecule has 2 aliphatic heterocycles. The van der Waals surface area contributed by atoms with E-state index in [0.717, 1.165) is 13.0 Å². The van der Waals surface area contributed by atoms with E-state index in [4.69, 9.17) is 6.42 Å². The second-order valence-corrected chi connectivity index (χ2v) is 8.39. The van der Waals surface area contributed by atoms with Gasteiger partial charge in [-0.1, -0.05) is 0 Å². The quantitative estimate of drug-likeness (QED) is 0.491. The highest BCUT2D eigenvalue weighted by molar-refractivity contribution is 7.91.